The van der Waals surface area contributed by atoms with Crippen molar-refractivity contribution in [2.24, 2.45) is 0 Å². The maximum absolute atomic E-state index is 12.9. The van der Waals surface area contributed by atoms with E-state index >= 15 is 0 Å². The summed E-state index contributed by atoms with van der Waals surface area (Å²) < 4.78 is 43.3. The molecule has 2 aromatic rings. The standard InChI is InChI=1S/C10H8FN3O4S2/c1-18-9(15)8-10(19-5-12-8)20(16,17)14-7-4-2-3-6(11)13-7/h2-5H,1H3,(H,13,14). The third-order valence-corrected chi connectivity index (χ3v) is 4.84. The zero-order valence-electron chi connectivity index (χ0n) is 10.0. The second kappa shape index (κ2) is 5.51. The summed E-state index contributed by atoms with van der Waals surface area (Å²) in [5.74, 6) is -1.91. The van der Waals surface area contributed by atoms with E-state index in [1.807, 2.05) is 0 Å². The van der Waals surface area contributed by atoms with Crippen LogP contribution in [-0.2, 0) is 14.8 Å². The fraction of sp³-hybridized carbons (Fsp3) is 0.100. The normalized spacial score (nSPS) is 11.1. The number of pyridine rings is 1. The number of nitrogens with one attached hydrogen (secondary N) is 1. The lowest BCUT2D eigenvalue weighted by Crippen LogP contribution is -2.17. The van der Waals surface area contributed by atoms with E-state index in [0.29, 0.717) is 0 Å². The number of hydrogen-bond acceptors (Lipinski definition) is 7. The molecule has 0 aliphatic heterocycles. The van der Waals surface area contributed by atoms with Gasteiger partial charge >= 0.3 is 5.97 Å². The summed E-state index contributed by atoms with van der Waals surface area (Å²) in [6, 6.07) is 3.65. The molecular weight excluding hydrogens is 309 g/mol. The third-order valence-electron chi connectivity index (χ3n) is 2.11. The summed E-state index contributed by atoms with van der Waals surface area (Å²) in [6.07, 6.45) is 0. The van der Waals surface area contributed by atoms with Crippen LogP contribution in [0.4, 0.5) is 10.2 Å². The van der Waals surface area contributed by atoms with Gasteiger partial charge in [0.25, 0.3) is 10.0 Å². The van der Waals surface area contributed by atoms with Crippen LogP contribution in [0.25, 0.3) is 0 Å². The summed E-state index contributed by atoms with van der Waals surface area (Å²) in [5, 5.41) is 0. The Morgan fingerprint density at radius 3 is 2.85 bits per heavy atom. The van der Waals surface area contributed by atoms with Crippen LogP contribution in [-0.4, -0.2) is 31.5 Å². The second-order valence-corrected chi connectivity index (χ2v) is 6.16. The molecule has 0 saturated carbocycles. The van der Waals surface area contributed by atoms with Gasteiger partial charge in [-0.05, 0) is 12.1 Å². The topological polar surface area (TPSA) is 98.2 Å². The molecule has 0 bridgehead atoms. The highest BCUT2D eigenvalue weighted by molar-refractivity contribution is 7.94. The molecule has 0 aromatic carbocycles. The molecule has 2 aromatic heterocycles. The van der Waals surface area contributed by atoms with Gasteiger partial charge in [0.2, 0.25) is 5.95 Å². The Labute approximate surface area is 117 Å². The van der Waals surface area contributed by atoms with Gasteiger partial charge in [0.1, 0.15) is 5.82 Å². The predicted molar refractivity (Wildman–Crippen MR) is 68.5 cm³/mol. The third kappa shape index (κ3) is 2.91. The van der Waals surface area contributed by atoms with Crippen LogP contribution in [0.1, 0.15) is 10.5 Å². The minimum atomic E-state index is -4.10. The van der Waals surface area contributed by atoms with Crippen LogP contribution < -0.4 is 4.72 Å². The van der Waals surface area contributed by atoms with E-state index in [2.05, 4.69) is 19.4 Å². The zero-order valence-corrected chi connectivity index (χ0v) is 11.7. The fourth-order valence-electron chi connectivity index (χ4n) is 1.31. The van der Waals surface area contributed by atoms with Gasteiger partial charge in [-0.25, -0.2) is 23.2 Å². The maximum Gasteiger partial charge on any atom is 0.358 e. The summed E-state index contributed by atoms with van der Waals surface area (Å²) in [4.78, 5) is 18.4. The Bertz CT molecular complexity index is 744. The van der Waals surface area contributed by atoms with Gasteiger partial charge in [0.05, 0.1) is 12.6 Å². The van der Waals surface area contributed by atoms with Crippen molar-refractivity contribution in [3.8, 4) is 0 Å². The van der Waals surface area contributed by atoms with Crippen molar-refractivity contribution in [1.82, 2.24) is 9.97 Å². The number of thiazole rings is 1. The average molecular weight is 317 g/mol. The predicted octanol–water partition coefficient (Wildman–Crippen LogP) is 1.26. The van der Waals surface area contributed by atoms with Crippen LogP contribution >= 0.6 is 11.3 Å². The van der Waals surface area contributed by atoms with Crippen molar-refractivity contribution in [1.29, 1.82) is 0 Å². The summed E-state index contributed by atoms with van der Waals surface area (Å²) in [7, 11) is -2.99. The number of carbonyl (C=O) groups is 1. The molecule has 0 amide bonds. The monoisotopic (exact) mass is 317 g/mol. The first kappa shape index (κ1) is 14.3. The van der Waals surface area contributed by atoms with Gasteiger partial charge in [0.15, 0.2) is 9.90 Å². The van der Waals surface area contributed by atoms with Gasteiger partial charge in [0, 0.05) is 0 Å². The van der Waals surface area contributed by atoms with E-state index in [1.165, 1.54) is 17.6 Å². The Hall–Kier alpha value is -2.07. The highest BCUT2D eigenvalue weighted by atomic mass is 32.2. The molecule has 10 heteroatoms. The zero-order chi connectivity index (χ0) is 14.8. The molecule has 7 nitrogen and oxygen atoms in total. The number of esters is 1. The summed E-state index contributed by atoms with van der Waals surface area (Å²) >= 11 is 0.740. The Balaban J connectivity index is 2.36. The molecule has 0 spiro atoms. The molecule has 2 rings (SSSR count). The van der Waals surface area contributed by atoms with E-state index in [-0.39, 0.29) is 15.7 Å². The van der Waals surface area contributed by atoms with E-state index in [9.17, 15) is 17.6 Å². The SMILES string of the molecule is COC(=O)c1ncsc1S(=O)(=O)Nc1cccc(F)n1. The van der Waals surface area contributed by atoms with Crippen LogP contribution in [0.2, 0.25) is 0 Å². The number of aromatic nitrogens is 2. The molecular formula is C10H8FN3O4S2. The molecule has 0 aliphatic rings. The van der Waals surface area contributed by atoms with Crippen LogP contribution in [0.5, 0.6) is 0 Å². The molecule has 0 atom stereocenters. The van der Waals surface area contributed by atoms with Crippen molar-refractivity contribution in [3.05, 3.63) is 35.4 Å². The smallest absolute Gasteiger partial charge is 0.358 e. The summed E-state index contributed by atoms with van der Waals surface area (Å²) in [5.41, 5.74) is 0.862. The first-order valence-electron chi connectivity index (χ1n) is 5.11. The van der Waals surface area contributed by atoms with Crippen LogP contribution in [0, 0.1) is 5.95 Å². The number of halogens is 1. The number of ether oxygens (including phenoxy) is 1. The van der Waals surface area contributed by atoms with E-state index in [0.717, 1.165) is 24.5 Å². The van der Waals surface area contributed by atoms with E-state index in [1.54, 1.807) is 0 Å². The Kier molecular flexibility index (Phi) is 3.95. The van der Waals surface area contributed by atoms with Gasteiger partial charge < -0.3 is 4.74 Å². The van der Waals surface area contributed by atoms with Gasteiger partial charge in [-0.3, -0.25) is 4.72 Å². The highest BCUT2D eigenvalue weighted by Crippen LogP contribution is 2.23. The number of sulfonamides is 1. The van der Waals surface area contributed by atoms with Crippen molar-refractivity contribution < 1.29 is 22.3 Å². The molecule has 0 saturated heterocycles. The number of rotatable bonds is 4. The number of methoxy groups -OCH3 is 1. The van der Waals surface area contributed by atoms with Gasteiger partial charge in [-0.1, -0.05) is 6.07 Å². The lowest BCUT2D eigenvalue weighted by Gasteiger charge is -2.06. The molecule has 0 fully saturated rings. The lowest BCUT2D eigenvalue weighted by molar-refractivity contribution is 0.0590. The first-order chi connectivity index (χ1) is 9.44. The Morgan fingerprint density at radius 1 is 1.45 bits per heavy atom. The fourth-order valence-corrected chi connectivity index (χ4v) is 3.44. The number of anilines is 1. The molecule has 0 unspecified atom stereocenters. The number of carbonyl (C=O) groups excluding carboxylic acids is 1. The molecule has 0 radical (unpaired) electrons. The molecule has 0 aliphatic carbocycles. The molecule has 1 N–H and O–H groups in total. The maximum atomic E-state index is 12.9. The largest absolute Gasteiger partial charge is 0.464 e. The molecule has 106 valence electrons. The van der Waals surface area contributed by atoms with Crippen LogP contribution in [0.3, 0.4) is 0 Å². The van der Waals surface area contributed by atoms with E-state index in [4.69, 9.17) is 0 Å². The van der Waals surface area contributed by atoms with Crippen molar-refractivity contribution in [2.45, 2.75) is 4.21 Å². The second-order valence-electron chi connectivity index (χ2n) is 3.43. The minimum absolute atomic E-state index is 0.200. The van der Waals surface area contributed by atoms with Crippen LogP contribution in [0.15, 0.2) is 27.9 Å². The molecule has 20 heavy (non-hydrogen) atoms. The van der Waals surface area contributed by atoms with Gasteiger partial charge in [-0.2, -0.15) is 4.39 Å². The van der Waals surface area contributed by atoms with Gasteiger partial charge in [-0.15, -0.1) is 11.3 Å². The molecule has 2 heterocycles. The first-order valence-corrected chi connectivity index (χ1v) is 7.47. The van der Waals surface area contributed by atoms with Crippen molar-refractivity contribution >= 4 is 33.1 Å². The van der Waals surface area contributed by atoms with Crippen molar-refractivity contribution in [2.75, 3.05) is 11.8 Å². The van der Waals surface area contributed by atoms with Crippen molar-refractivity contribution in [3.63, 3.8) is 0 Å². The highest BCUT2D eigenvalue weighted by Gasteiger charge is 2.27. The minimum Gasteiger partial charge on any atom is -0.464 e. The number of nitrogens with zero attached hydrogens (tertiary/aromatic N) is 2. The average Bonchev–Trinajstić information content (AvgIpc) is 2.87. The van der Waals surface area contributed by atoms with E-state index < -0.39 is 21.9 Å². The quantitative estimate of drug-likeness (QED) is 0.673. The Morgan fingerprint density at radius 2 is 2.20 bits per heavy atom. The summed E-state index contributed by atoms with van der Waals surface area (Å²) in [6.45, 7) is 0. The number of hydrogen-bond donors (Lipinski definition) is 1. The lowest BCUT2D eigenvalue weighted by atomic mass is 10.5.